The summed E-state index contributed by atoms with van der Waals surface area (Å²) in [6, 6.07) is 12.6. The van der Waals surface area contributed by atoms with Crippen LogP contribution in [0.5, 0.6) is 5.75 Å². The van der Waals surface area contributed by atoms with Gasteiger partial charge in [-0.25, -0.2) is 19.6 Å². The second kappa shape index (κ2) is 16.7. The van der Waals surface area contributed by atoms with Crippen LogP contribution in [0.1, 0.15) is 105 Å². The van der Waals surface area contributed by atoms with Crippen LogP contribution in [0.15, 0.2) is 54.9 Å². The second-order valence-electron chi connectivity index (χ2n) is 19.9. The van der Waals surface area contributed by atoms with Gasteiger partial charge in [0.2, 0.25) is 11.8 Å². The first-order valence-electron chi connectivity index (χ1n) is 22.1. The van der Waals surface area contributed by atoms with E-state index in [4.69, 9.17) is 24.2 Å². The van der Waals surface area contributed by atoms with E-state index in [0.29, 0.717) is 31.2 Å². The maximum atomic E-state index is 14.0. The maximum absolute atomic E-state index is 14.0. The quantitative estimate of drug-likeness (QED) is 0.107. The maximum Gasteiger partial charge on any atom is 0.407 e. The summed E-state index contributed by atoms with van der Waals surface area (Å²) < 4.78 is 18.5. The van der Waals surface area contributed by atoms with E-state index in [9.17, 15) is 19.2 Å². The van der Waals surface area contributed by atoms with E-state index in [0.717, 1.165) is 56.8 Å². The number of rotatable bonds is 10. The molecule has 2 fully saturated rings. The minimum absolute atomic E-state index is 0.139. The molecule has 0 aliphatic carbocycles. The van der Waals surface area contributed by atoms with Crippen molar-refractivity contribution in [1.29, 1.82) is 0 Å². The van der Waals surface area contributed by atoms with Gasteiger partial charge in [0.15, 0.2) is 6.23 Å². The van der Waals surface area contributed by atoms with Crippen LogP contribution in [-0.2, 0) is 19.1 Å². The molecule has 16 nitrogen and oxygen atoms in total. The van der Waals surface area contributed by atoms with Crippen molar-refractivity contribution in [3.63, 3.8) is 0 Å². The Labute approximate surface area is 373 Å². The monoisotopic (exact) mass is 875 g/mol. The van der Waals surface area contributed by atoms with E-state index in [1.54, 1.807) is 6.20 Å². The first-order chi connectivity index (χ1) is 30.3. The highest BCUT2D eigenvalue weighted by Crippen LogP contribution is 2.47. The number of imidazole rings is 2. The molecular weight excluding hydrogens is 815 g/mol. The number of ether oxygens (including phenoxy) is 3. The van der Waals surface area contributed by atoms with Gasteiger partial charge in [-0.05, 0) is 72.8 Å². The summed E-state index contributed by atoms with van der Waals surface area (Å²) in [6.07, 6.45) is 3.49. The molecule has 2 aromatic carbocycles. The molecule has 4 amide bonds. The summed E-state index contributed by atoms with van der Waals surface area (Å²) in [7, 11) is 2.59. The van der Waals surface area contributed by atoms with Crippen LogP contribution >= 0.6 is 0 Å². The molecular formula is C48H61N9O7. The summed E-state index contributed by atoms with van der Waals surface area (Å²) in [5.41, 5.74) is 6.23. The van der Waals surface area contributed by atoms with Crippen LogP contribution in [0.25, 0.3) is 44.7 Å². The first-order valence-corrected chi connectivity index (χ1v) is 22.1. The molecule has 5 aromatic rings. The number of alkyl carbamates (subject to hydrolysis) is 2. The third-order valence-electron chi connectivity index (χ3n) is 13.0. The number of aromatic amines is 2. The van der Waals surface area contributed by atoms with Crippen LogP contribution < -0.4 is 15.4 Å². The number of methoxy groups -OCH3 is 2. The van der Waals surface area contributed by atoms with Crippen LogP contribution in [-0.4, -0.2) is 97.7 Å². The predicted octanol–water partition coefficient (Wildman–Crippen LogP) is 8.36. The minimum Gasteiger partial charge on any atom is -0.470 e. The molecule has 0 saturated carbocycles. The number of carbonyl (C=O) groups excluding carboxylic acids is 4. The van der Waals surface area contributed by atoms with Gasteiger partial charge in [-0.1, -0.05) is 67.5 Å². The molecule has 8 rings (SSSR count). The lowest BCUT2D eigenvalue weighted by atomic mass is 9.90. The number of amides is 4. The lowest BCUT2D eigenvalue weighted by molar-refractivity contribution is -0.136. The van der Waals surface area contributed by atoms with Crippen LogP contribution in [0.2, 0.25) is 0 Å². The van der Waals surface area contributed by atoms with Crippen molar-refractivity contribution in [3.8, 4) is 39.5 Å². The van der Waals surface area contributed by atoms with Gasteiger partial charge in [-0.15, -0.1) is 0 Å². The number of aromatic nitrogens is 5. The molecule has 6 heterocycles. The molecule has 1 unspecified atom stereocenters. The van der Waals surface area contributed by atoms with E-state index in [-0.39, 0.29) is 52.8 Å². The van der Waals surface area contributed by atoms with Gasteiger partial charge in [0.25, 0.3) is 0 Å². The average Bonchev–Trinajstić information content (AvgIpc) is 4.09. The number of hydrogen-bond acceptors (Lipinski definition) is 9. The zero-order valence-corrected chi connectivity index (χ0v) is 38.7. The number of H-pyrrole nitrogens is 2. The number of nitrogens with zero attached hydrogens (tertiary/aromatic N) is 5. The molecule has 64 heavy (non-hydrogen) atoms. The van der Waals surface area contributed by atoms with Gasteiger partial charge in [0.1, 0.15) is 29.5 Å². The minimum atomic E-state index is -0.735. The Morgan fingerprint density at radius 3 is 1.70 bits per heavy atom. The summed E-state index contributed by atoms with van der Waals surface area (Å²) in [5.74, 6) is 1.54. The fourth-order valence-corrected chi connectivity index (χ4v) is 9.79. The Morgan fingerprint density at radius 2 is 1.22 bits per heavy atom. The van der Waals surface area contributed by atoms with E-state index in [2.05, 4.69) is 89.3 Å². The molecule has 16 heteroatoms. The number of likely N-dealkylation sites (tertiary alicyclic amines) is 2. The topological polar surface area (TPSA) is 189 Å². The van der Waals surface area contributed by atoms with Gasteiger partial charge < -0.3 is 49.2 Å². The Balaban J connectivity index is 1.04. The molecule has 3 aliphatic heterocycles. The zero-order chi connectivity index (χ0) is 46.0. The second-order valence-corrected chi connectivity index (χ2v) is 19.9. The van der Waals surface area contributed by atoms with Crippen LogP contribution in [0.4, 0.5) is 9.59 Å². The lowest BCUT2D eigenvalue weighted by Gasteiger charge is -2.30. The number of carbonyl (C=O) groups is 4. The van der Waals surface area contributed by atoms with Crippen molar-refractivity contribution in [1.82, 2.24) is 44.9 Å². The Morgan fingerprint density at radius 1 is 0.734 bits per heavy atom. The molecule has 0 spiro atoms. The van der Waals surface area contributed by atoms with E-state index < -0.39 is 24.3 Å². The molecule has 4 N–H and O–H groups in total. The van der Waals surface area contributed by atoms with Crippen molar-refractivity contribution in [3.05, 3.63) is 66.5 Å². The summed E-state index contributed by atoms with van der Waals surface area (Å²) in [4.78, 5) is 72.6. The highest BCUT2D eigenvalue weighted by atomic mass is 16.5. The molecule has 0 bridgehead atoms. The number of fused-ring (bicyclic) bond motifs is 5. The molecule has 3 aromatic heterocycles. The summed E-state index contributed by atoms with van der Waals surface area (Å²) in [5, 5.41) is 6.51. The third kappa shape index (κ3) is 8.29. The molecule has 5 atom stereocenters. The van der Waals surface area contributed by atoms with Crippen LogP contribution in [0.3, 0.4) is 0 Å². The molecule has 3 aliphatic rings. The Hall–Kier alpha value is -6.32. The fraction of sp³-hybridized carbons (Fsp3) is 0.500. The third-order valence-corrected chi connectivity index (χ3v) is 13.0. The number of benzene rings is 2. The molecule has 0 radical (unpaired) electrons. The van der Waals surface area contributed by atoms with E-state index in [1.807, 2.05) is 56.7 Å². The van der Waals surface area contributed by atoms with Crippen molar-refractivity contribution in [2.24, 2.45) is 22.7 Å². The van der Waals surface area contributed by atoms with Gasteiger partial charge in [-0.3, -0.25) is 9.59 Å². The Bertz CT molecular complexity index is 2600. The SMILES string of the molecule is COC(=O)N[C@H](C(=O)N1CC(C)(C)C[C@H]1c1ncc(-c2ccc3c(c2)OC(C)n2c-3cc3cc(-c4cnc([C@@H]5CC(C)(C)CN5C(=O)[C@@H](NC(=O)OC)C(C)C)[nH]4)ccc32)[nH]1)C(C)C. The molecule has 2 saturated heterocycles. The van der Waals surface area contributed by atoms with Gasteiger partial charge in [-0.2, -0.15) is 0 Å². The van der Waals surface area contributed by atoms with Crippen molar-refractivity contribution < 1.29 is 33.4 Å². The lowest BCUT2D eigenvalue weighted by Crippen LogP contribution is -2.51. The highest BCUT2D eigenvalue weighted by molar-refractivity contribution is 5.92. The van der Waals surface area contributed by atoms with E-state index in [1.165, 1.54) is 14.2 Å². The Kier molecular flexibility index (Phi) is 11.5. The molecule has 340 valence electrons. The van der Waals surface area contributed by atoms with Gasteiger partial charge in [0.05, 0.1) is 61.3 Å². The number of hydrogen-bond donors (Lipinski definition) is 4. The smallest absolute Gasteiger partial charge is 0.407 e. The predicted molar refractivity (Wildman–Crippen MR) is 242 cm³/mol. The first kappa shape index (κ1) is 44.3. The normalized spacial score (nSPS) is 20.7. The van der Waals surface area contributed by atoms with Gasteiger partial charge >= 0.3 is 12.2 Å². The summed E-state index contributed by atoms with van der Waals surface area (Å²) in [6.45, 7) is 19.3. The van der Waals surface area contributed by atoms with Crippen molar-refractivity contribution in [2.45, 2.75) is 106 Å². The summed E-state index contributed by atoms with van der Waals surface area (Å²) >= 11 is 0. The van der Waals surface area contributed by atoms with Crippen molar-refractivity contribution >= 4 is 34.9 Å². The van der Waals surface area contributed by atoms with E-state index >= 15 is 0 Å². The standard InChI is InChI=1S/C48H61N9O7/c1-25(2)39(53-45(60)62-10)43(58)55-23-47(6,7)19-36(55)41-49-21-32(51-41)28-13-15-34-30(16-28)17-35-31-14-12-29(18-38(31)64-27(5)57(34)35)33-22-50-42(52-33)37-20-48(8,9)24-56(37)44(59)40(26(3)4)54-46(61)63-11/h12-18,21-22,25-27,36-37,39-40H,19-20,23-24H2,1-11H3,(H,49,51)(H,50,52)(H,53,60)(H,54,61)/t27?,36-,37-,39-,40-/m0/s1. The van der Waals surface area contributed by atoms with Crippen LogP contribution in [0, 0.1) is 22.7 Å². The number of nitrogens with one attached hydrogen (secondary N) is 4. The van der Waals surface area contributed by atoms with Gasteiger partial charge in [0, 0.05) is 35.2 Å². The van der Waals surface area contributed by atoms with Crippen molar-refractivity contribution in [2.75, 3.05) is 27.3 Å². The fourth-order valence-electron chi connectivity index (χ4n) is 9.79. The zero-order valence-electron chi connectivity index (χ0n) is 38.7. The largest absolute Gasteiger partial charge is 0.470 e. The average molecular weight is 876 g/mol. The highest BCUT2D eigenvalue weighted by Gasteiger charge is 2.46.